The zero-order valence-corrected chi connectivity index (χ0v) is 17.0. The van der Waals surface area contributed by atoms with Crippen molar-refractivity contribution in [3.8, 4) is 11.5 Å². The maximum absolute atomic E-state index is 12.1. The van der Waals surface area contributed by atoms with E-state index >= 15 is 0 Å². The van der Waals surface area contributed by atoms with Crippen LogP contribution in [-0.4, -0.2) is 30.0 Å². The Morgan fingerprint density at radius 1 is 1.26 bits per heavy atom. The summed E-state index contributed by atoms with van der Waals surface area (Å²) in [5, 5.41) is 7.48. The molecule has 0 radical (unpaired) electrons. The van der Waals surface area contributed by atoms with Crippen molar-refractivity contribution in [3.05, 3.63) is 45.3 Å². The van der Waals surface area contributed by atoms with Crippen LogP contribution in [-0.2, 0) is 13.0 Å². The number of aryl methyl sites for hydroxylation is 2. The van der Waals surface area contributed by atoms with Gasteiger partial charge in [-0.25, -0.2) is 4.68 Å². The van der Waals surface area contributed by atoms with E-state index in [4.69, 9.17) is 21.1 Å². The van der Waals surface area contributed by atoms with Gasteiger partial charge >= 0.3 is 0 Å². The fourth-order valence-electron chi connectivity index (χ4n) is 2.73. The Bertz CT molecular complexity index is 793. The van der Waals surface area contributed by atoms with Crippen LogP contribution in [0, 0.1) is 0 Å². The number of rotatable bonds is 11. The molecule has 0 fully saturated rings. The second kappa shape index (κ2) is 10.8. The molecule has 1 aromatic carbocycles. The number of aromatic nitrogens is 2. The number of hydrogen-bond acceptors (Lipinski definition) is 5. The van der Waals surface area contributed by atoms with E-state index in [-0.39, 0.29) is 10.6 Å². The molecule has 1 heterocycles. The van der Waals surface area contributed by atoms with E-state index in [1.54, 1.807) is 13.3 Å². The van der Waals surface area contributed by atoms with Crippen LogP contribution in [0.1, 0.15) is 38.7 Å². The molecular formula is C20H28ClN3O3. The Kier molecular flexibility index (Phi) is 8.45. The van der Waals surface area contributed by atoms with Crippen molar-refractivity contribution in [2.75, 3.05) is 25.6 Å². The fraction of sp³-hybridized carbons (Fsp3) is 0.500. The van der Waals surface area contributed by atoms with E-state index in [0.717, 1.165) is 42.7 Å². The highest BCUT2D eigenvalue weighted by Gasteiger charge is 2.09. The third-order valence-electron chi connectivity index (χ3n) is 4.10. The normalized spacial score (nSPS) is 10.7. The van der Waals surface area contributed by atoms with E-state index in [2.05, 4.69) is 17.3 Å². The van der Waals surface area contributed by atoms with Crippen molar-refractivity contribution in [1.82, 2.24) is 9.78 Å². The van der Waals surface area contributed by atoms with Gasteiger partial charge in [0.05, 0.1) is 25.6 Å². The van der Waals surface area contributed by atoms with Crippen molar-refractivity contribution in [2.24, 2.45) is 0 Å². The summed E-state index contributed by atoms with van der Waals surface area (Å²) in [6.45, 7) is 5.89. The SMILES string of the molecule is CCCc1cc(OC)ccc1OCCCNc1cnn(CCC)c(=O)c1Cl. The Labute approximate surface area is 165 Å². The van der Waals surface area contributed by atoms with Gasteiger partial charge < -0.3 is 14.8 Å². The first-order chi connectivity index (χ1) is 13.1. The predicted molar refractivity (Wildman–Crippen MR) is 109 cm³/mol. The van der Waals surface area contributed by atoms with E-state index < -0.39 is 0 Å². The highest BCUT2D eigenvalue weighted by molar-refractivity contribution is 6.32. The minimum Gasteiger partial charge on any atom is -0.497 e. The van der Waals surface area contributed by atoms with E-state index in [0.29, 0.717) is 25.4 Å². The van der Waals surface area contributed by atoms with Crippen LogP contribution >= 0.6 is 11.6 Å². The minimum atomic E-state index is -0.262. The molecule has 7 heteroatoms. The van der Waals surface area contributed by atoms with Gasteiger partial charge in [-0.2, -0.15) is 5.10 Å². The molecule has 0 amide bonds. The molecule has 148 valence electrons. The topological polar surface area (TPSA) is 65.4 Å². The minimum absolute atomic E-state index is 0.180. The average Bonchev–Trinajstić information content (AvgIpc) is 2.68. The summed E-state index contributed by atoms with van der Waals surface area (Å²) < 4.78 is 12.6. The third-order valence-corrected chi connectivity index (χ3v) is 4.47. The molecule has 0 saturated heterocycles. The molecule has 2 rings (SSSR count). The summed E-state index contributed by atoms with van der Waals surface area (Å²) in [5.41, 5.74) is 1.45. The van der Waals surface area contributed by atoms with Crippen molar-refractivity contribution >= 4 is 17.3 Å². The largest absolute Gasteiger partial charge is 0.497 e. The average molecular weight is 394 g/mol. The number of methoxy groups -OCH3 is 1. The van der Waals surface area contributed by atoms with Gasteiger partial charge in [-0.15, -0.1) is 0 Å². The van der Waals surface area contributed by atoms with E-state index in [9.17, 15) is 4.79 Å². The summed E-state index contributed by atoms with van der Waals surface area (Å²) in [4.78, 5) is 12.1. The molecule has 0 saturated carbocycles. The summed E-state index contributed by atoms with van der Waals surface area (Å²) >= 11 is 6.15. The molecule has 0 atom stereocenters. The molecule has 0 aliphatic rings. The second-order valence-electron chi connectivity index (χ2n) is 6.25. The first kappa shape index (κ1) is 21.1. The van der Waals surface area contributed by atoms with Gasteiger partial charge in [0, 0.05) is 13.1 Å². The number of nitrogens with zero attached hydrogens (tertiary/aromatic N) is 2. The van der Waals surface area contributed by atoms with Crippen molar-refractivity contribution < 1.29 is 9.47 Å². The summed E-state index contributed by atoms with van der Waals surface area (Å²) in [5.74, 6) is 1.73. The van der Waals surface area contributed by atoms with Crippen molar-refractivity contribution in [1.29, 1.82) is 0 Å². The van der Waals surface area contributed by atoms with Gasteiger partial charge in [0.25, 0.3) is 5.56 Å². The Morgan fingerprint density at radius 2 is 2.07 bits per heavy atom. The zero-order valence-electron chi connectivity index (χ0n) is 16.3. The number of anilines is 1. The summed E-state index contributed by atoms with van der Waals surface area (Å²) in [7, 11) is 1.66. The van der Waals surface area contributed by atoms with Gasteiger partial charge in [-0.05, 0) is 43.0 Å². The molecule has 1 N–H and O–H groups in total. The lowest BCUT2D eigenvalue weighted by Gasteiger charge is -2.13. The van der Waals surface area contributed by atoms with Crippen LogP contribution < -0.4 is 20.3 Å². The molecule has 0 spiro atoms. The monoisotopic (exact) mass is 393 g/mol. The maximum atomic E-state index is 12.1. The van der Waals surface area contributed by atoms with Crippen molar-refractivity contribution in [2.45, 2.75) is 46.1 Å². The molecule has 0 aliphatic heterocycles. The Hall–Kier alpha value is -2.21. The van der Waals surface area contributed by atoms with Crippen LogP contribution in [0.3, 0.4) is 0 Å². The number of ether oxygens (including phenoxy) is 2. The third kappa shape index (κ3) is 5.89. The van der Waals surface area contributed by atoms with E-state index in [1.807, 2.05) is 25.1 Å². The lowest BCUT2D eigenvalue weighted by Crippen LogP contribution is -2.24. The number of benzene rings is 1. The maximum Gasteiger partial charge on any atom is 0.287 e. The fourth-order valence-corrected chi connectivity index (χ4v) is 2.94. The van der Waals surface area contributed by atoms with Crippen LogP contribution in [0.15, 0.2) is 29.2 Å². The van der Waals surface area contributed by atoms with Gasteiger partial charge in [0.1, 0.15) is 16.5 Å². The Balaban J connectivity index is 1.86. The molecule has 0 unspecified atom stereocenters. The molecule has 2 aromatic rings. The molecule has 0 aliphatic carbocycles. The molecule has 1 aromatic heterocycles. The van der Waals surface area contributed by atoms with Gasteiger partial charge in [-0.3, -0.25) is 4.79 Å². The number of halogens is 1. The van der Waals surface area contributed by atoms with Crippen LogP contribution in [0.25, 0.3) is 0 Å². The Morgan fingerprint density at radius 3 is 2.78 bits per heavy atom. The van der Waals surface area contributed by atoms with Gasteiger partial charge in [-0.1, -0.05) is 31.9 Å². The van der Waals surface area contributed by atoms with Crippen LogP contribution in [0.5, 0.6) is 11.5 Å². The van der Waals surface area contributed by atoms with Gasteiger partial charge in [0.2, 0.25) is 0 Å². The lowest BCUT2D eigenvalue weighted by atomic mass is 10.1. The predicted octanol–water partition coefficient (Wildman–Crippen LogP) is 4.15. The number of hydrogen-bond donors (Lipinski definition) is 1. The first-order valence-electron chi connectivity index (χ1n) is 9.39. The molecule has 6 nitrogen and oxygen atoms in total. The molecule has 27 heavy (non-hydrogen) atoms. The van der Waals surface area contributed by atoms with Crippen molar-refractivity contribution in [3.63, 3.8) is 0 Å². The van der Waals surface area contributed by atoms with Crippen LogP contribution in [0.4, 0.5) is 5.69 Å². The summed E-state index contributed by atoms with van der Waals surface area (Å²) in [6.07, 6.45) is 5.19. The first-order valence-corrected chi connectivity index (χ1v) is 9.77. The highest BCUT2D eigenvalue weighted by Crippen LogP contribution is 2.25. The molecular weight excluding hydrogens is 366 g/mol. The van der Waals surface area contributed by atoms with E-state index in [1.165, 1.54) is 4.68 Å². The standard InChI is InChI=1S/C20H28ClN3O3/c1-4-7-15-13-16(26-3)8-9-18(15)27-12-6-10-22-17-14-23-24(11-5-2)20(25)19(17)21/h8-9,13-14,22H,4-7,10-12H2,1-3H3. The zero-order chi connectivity index (χ0) is 19.6. The summed E-state index contributed by atoms with van der Waals surface area (Å²) in [6, 6.07) is 5.88. The highest BCUT2D eigenvalue weighted by atomic mass is 35.5. The smallest absolute Gasteiger partial charge is 0.287 e. The molecule has 0 bridgehead atoms. The lowest BCUT2D eigenvalue weighted by molar-refractivity contribution is 0.310. The number of nitrogens with one attached hydrogen (secondary N) is 1. The second-order valence-corrected chi connectivity index (χ2v) is 6.63. The van der Waals surface area contributed by atoms with Crippen LogP contribution in [0.2, 0.25) is 5.02 Å². The quantitative estimate of drug-likeness (QED) is 0.581. The van der Waals surface area contributed by atoms with Gasteiger partial charge in [0.15, 0.2) is 0 Å².